The molecule has 1 fully saturated rings. The highest BCUT2D eigenvalue weighted by atomic mass is 16.6. The predicted octanol–water partition coefficient (Wildman–Crippen LogP) is 4.90. The Morgan fingerprint density at radius 1 is 0.939 bits per heavy atom. The van der Waals surface area contributed by atoms with Gasteiger partial charge in [-0.05, 0) is 34.7 Å². The van der Waals surface area contributed by atoms with Crippen molar-refractivity contribution < 1.29 is 14.6 Å². The molecule has 33 heavy (non-hydrogen) atoms. The SMILES string of the molecule is O=C1CCCN1Cc1ccc(-c2ccccc2CNc2ccc([N+](=O)[O-])cc2[N+](=O)[O-])cc1. The average molecular weight is 446 g/mol. The quantitative estimate of drug-likeness (QED) is 0.388. The monoisotopic (exact) mass is 446 g/mol. The molecule has 3 aromatic carbocycles. The Kier molecular flexibility index (Phi) is 6.30. The Hall–Kier alpha value is -4.27. The number of nitrogens with one attached hydrogen (secondary N) is 1. The van der Waals surface area contributed by atoms with Gasteiger partial charge in [-0.1, -0.05) is 48.5 Å². The van der Waals surface area contributed by atoms with Crippen molar-refractivity contribution in [1.82, 2.24) is 4.90 Å². The lowest BCUT2D eigenvalue weighted by Gasteiger charge is -2.16. The van der Waals surface area contributed by atoms with E-state index in [1.165, 1.54) is 12.1 Å². The normalized spacial score (nSPS) is 13.2. The summed E-state index contributed by atoms with van der Waals surface area (Å²) in [5.74, 6) is 0.191. The first kappa shape index (κ1) is 21.9. The Morgan fingerprint density at radius 3 is 2.36 bits per heavy atom. The highest BCUT2D eigenvalue weighted by Crippen LogP contribution is 2.31. The summed E-state index contributed by atoms with van der Waals surface area (Å²) in [7, 11) is 0. The van der Waals surface area contributed by atoms with Crippen LogP contribution in [0.2, 0.25) is 0 Å². The van der Waals surface area contributed by atoms with Gasteiger partial charge in [-0.15, -0.1) is 0 Å². The summed E-state index contributed by atoms with van der Waals surface area (Å²) < 4.78 is 0. The minimum atomic E-state index is -0.657. The third-order valence-corrected chi connectivity index (χ3v) is 5.69. The number of hydrogen-bond acceptors (Lipinski definition) is 6. The first-order valence-electron chi connectivity index (χ1n) is 10.5. The Bertz CT molecular complexity index is 1210. The molecule has 1 aliphatic heterocycles. The van der Waals surface area contributed by atoms with E-state index in [0.29, 0.717) is 19.5 Å². The molecule has 0 unspecified atom stereocenters. The molecule has 9 nitrogen and oxygen atoms in total. The number of carbonyl (C=O) groups excluding carboxylic acids is 1. The maximum absolute atomic E-state index is 11.9. The molecule has 0 saturated carbocycles. The van der Waals surface area contributed by atoms with E-state index in [2.05, 4.69) is 5.32 Å². The maximum Gasteiger partial charge on any atom is 0.299 e. The number of likely N-dealkylation sites (tertiary alicyclic amines) is 1. The first-order chi connectivity index (χ1) is 15.9. The van der Waals surface area contributed by atoms with Gasteiger partial charge in [-0.2, -0.15) is 0 Å². The molecule has 9 heteroatoms. The van der Waals surface area contributed by atoms with Crippen LogP contribution in [0.3, 0.4) is 0 Å². The molecule has 0 atom stereocenters. The van der Waals surface area contributed by atoms with Crippen molar-refractivity contribution in [3.8, 4) is 11.1 Å². The molecular weight excluding hydrogens is 424 g/mol. The standard InChI is InChI=1S/C24H22N4O5/c29-24-6-3-13-26(24)16-17-7-9-18(10-8-17)21-5-2-1-4-19(21)15-25-22-12-11-20(27(30)31)14-23(22)28(32)33/h1-2,4-5,7-12,14,25H,3,6,13,15-16H2. The van der Waals surface area contributed by atoms with Crippen LogP contribution in [0.15, 0.2) is 66.7 Å². The molecule has 0 spiro atoms. The molecule has 0 aliphatic carbocycles. The van der Waals surface area contributed by atoms with Gasteiger partial charge in [0.15, 0.2) is 0 Å². The van der Waals surface area contributed by atoms with Gasteiger partial charge in [0.05, 0.1) is 15.9 Å². The van der Waals surface area contributed by atoms with Crippen LogP contribution in [0, 0.1) is 20.2 Å². The maximum atomic E-state index is 11.9. The number of amides is 1. The number of nitro benzene ring substituents is 2. The van der Waals surface area contributed by atoms with Crippen LogP contribution >= 0.6 is 0 Å². The van der Waals surface area contributed by atoms with E-state index in [1.807, 2.05) is 53.4 Å². The van der Waals surface area contributed by atoms with Gasteiger partial charge in [0.25, 0.3) is 11.4 Å². The number of non-ortho nitro benzene ring substituents is 1. The molecule has 1 saturated heterocycles. The van der Waals surface area contributed by atoms with E-state index in [1.54, 1.807) is 0 Å². The van der Waals surface area contributed by atoms with E-state index in [0.717, 1.165) is 41.3 Å². The van der Waals surface area contributed by atoms with Crippen LogP contribution in [-0.2, 0) is 17.9 Å². The zero-order chi connectivity index (χ0) is 23.4. The van der Waals surface area contributed by atoms with Gasteiger partial charge in [-0.25, -0.2) is 0 Å². The smallest absolute Gasteiger partial charge is 0.299 e. The Balaban J connectivity index is 1.52. The number of benzene rings is 3. The molecule has 1 aliphatic rings. The van der Waals surface area contributed by atoms with E-state index in [-0.39, 0.29) is 23.0 Å². The molecule has 0 aromatic heterocycles. The van der Waals surface area contributed by atoms with Crippen LogP contribution < -0.4 is 5.32 Å². The third kappa shape index (κ3) is 4.98. The van der Waals surface area contributed by atoms with E-state index in [9.17, 15) is 25.0 Å². The van der Waals surface area contributed by atoms with E-state index < -0.39 is 9.85 Å². The summed E-state index contributed by atoms with van der Waals surface area (Å²) in [6, 6.07) is 19.3. The largest absolute Gasteiger partial charge is 0.375 e. The Labute approximate surface area is 190 Å². The second-order valence-electron chi connectivity index (χ2n) is 7.84. The molecule has 0 bridgehead atoms. The zero-order valence-electron chi connectivity index (χ0n) is 17.8. The Morgan fingerprint density at radius 2 is 1.70 bits per heavy atom. The fourth-order valence-corrected chi connectivity index (χ4v) is 3.96. The van der Waals surface area contributed by atoms with Crippen molar-refractivity contribution in [2.24, 2.45) is 0 Å². The first-order valence-corrected chi connectivity index (χ1v) is 10.5. The number of nitrogens with zero attached hydrogens (tertiary/aromatic N) is 3. The summed E-state index contributed by atoms with van der Waals surface area (Å²) in [4.78, 5) is 34.8. The van der Waals surface area contributed by atoms with Crippen molar-refractivity contribution in [3.63, 3.8) is 0 Å². The number of carbonyl (C=O) groups is 1. The van der Waals surface area contributed by atoms with Gasteiger partial charge in [0.1, 0.15) is 5.69 Å². The van der Waals surface area contributed by atoms with Crippen LogP contribution in [0.4, 0.5) is 17.1 Å². The van der Waals surface area contributed by atoms with Crippen LogP contribution in [0.5, 0.6) is 0 Å². The third-order valence-electron chi connectivity index (χ3n) is 5.69. The summed E-state index contributed by atoms with van der Waals surface area (Å²) in [5, 5.41) is 25.4. The van der Waals surface area contributed by atoms with Gasteiger partial charge in [0, 0.05) is 32.1 Å². The summed E-state index contributed by atoms with van der Waals surface area (Å²) in [5.41, 5.74) is 3.48. The lowest BCUT2D eigenvalue weighted by Crippen LogP contribution is -2.23. The van der Waals surface area contributed by atoms with Crippen molar-refractivity contribution >= 4 is 23.0 Å². The predicted molar refractivity (Wildman–Crippen MR) is 124 cm³/mol. The highest BCUT2D eigenvalue weighted by Gasteiger charge is 2.21. The van der Waals surface area contributed by atoms with Crippen LogP contribution in [0.1, 0.15) is 24.0 Å². The molecular formula is C24H22N4O5. The van der Waals surface area contributed by atoms with Crippen LogP contribution in [-0.4, -0.2) is 27.2 Å². The second kappa shape index (κ2) is 9.47. The van der Waals surface area contributed by atoms with Gasteiger partial charge >= 0.3 is 0 Å². The molecule has 0 radical (unpaired) electrons. The van der Waals surface area contributed by atoms with Crippen molar-refractivity contribution in [2.45, 2.75) is 25.9 Å². The second-order valence-corrected chi connectivity index (χ2v) is 7.84. The molecule has 1 N–H and O–H groups in total. The number of anilines is 1. The van der Waals surface area contributed by atoms with Crippen molar-refractivity contribution in [3.05, 3.63) is 98.1 Å². The molecule has 1 amide bonds. The fraction of sp³-hybridized carbons (Fsp3) is 0.208. The van der Waals surface area contributed by atoms with E-state index >= 15 is 0 Å². The van der Waals surface area contributed by atoms with Crippen molar-refractivity contribution in [1.29, 1.82) is 0 Å². The fourth-order valence-electron chi connectivity index (χ4n) is 3.96. The topological polar surface area (TPSA) is 119 Å². The van der Waals surface area contributed by atoms with Crippen molar-refractivity contribution in [2.75, 3.05) is 11.9 Å². The van der Waals surface area contributed by atoms with E-state index in [4.69, 9.17) is 0 Å². The highest BCUT2D eigenvalue weighted by molar-refractivity contribution is 5.78. The lowest BCUT2D eigenvalue weighted by atomic mass is 9.98. The van der Waals surface area contributed by atoms with Gasteiger partial charge < -0.3 is 10.2 Å². The molecule has 4 rings (SSSR count). The zero-order valence-corrected chi connectivity index (χ0v) is 17.8. The molecule has 168 valence electrons. The van der Waals surface area contributed by atoms with Gasteiger partial charge in [0.2, 0.25) is 5.91 Å². The number of hydrogen-bond donors (Lipinski definition) is 1. The number of rotatable bonds is 8. The lowest BCUT2D eigenvalue weighted by molar-refractivity contribution is -0.393. The molecule has 1 heterocycles. The summed E-state index contributed by atoms with van der Waals surface area (Å²) in [6.45, 7) is 1.70. The number of nitro groups is 2. The molecule has 3 aromatic rings. The average Bonchev–Trinajstić information content (AvgIpc) is 3.22. The summed E-state index contributed by atoms with van der Waals surface area (Å²) >= 11 is 0. The minimum Gasteiger partial charge on any atom is -0.375 e. The minimum absolute atomic E-state index is 0.191. The summed E-state index contributed by atoms with van der Waals surface area (Å²) in [6.07, 6.45) is 1.52. The van der Waals surface area contributed by atoms with Gasteiger partial charge in [-0.3, -0.25) is 25.0 Å². The van der Waals surface area contributed by atoms with Crippen LogP contribution in [0.25, 0.3) is 11.1 Å².